The Bertz CT molecular complexity index is 690. The van der Waals surface area contributed by atoms with E-state index in [4.69, 9.17) is 15.5 Å². The van der Waals surface area contributed by atoms with E-state index in [1.807, 2.05) is 6.92 Å². The Hall–Kier alpha value is -2.24. The van der Waals surface area contributed by atoms with E-state index in [1.54, 1.807) is 4.90 Å². The van der Waals surface area contributed by atoms with E-state index < -0.39 is 0 Å². The number of rotatable bonds is 5. The average Bonchev–Trinajstić information content (AvgIpc) is 3.17. The number of guanidine groups is 1. The first kappa shape index (κ1) is 20.5. The smallest absolute Gasteiger partial charge is 0.409 e. The Balaban J connectivity index is 1.56. The van der Waals surface area contributed by atoms with Gasteiger partial charge in [-0.1, -0.05) is 42.7 Å². The molecule has 1 saturated carbocycles. The molecule has 1 saturated heterocycles. The first-order valence-corrected chi connectivity index (χ1v) is 10.6. The molecule has 0 atom stereocenters. The number of nitrogens with one attached hydrogen (secondary N) is 1. The van der Waals surface area contributed by atoms with Crippen LogP contribution in [-0.2, 0) is 10.2 Å². The van der Waals surface area contributed by atoms with Gasteiger partial charge in [-0.15, -0.1) is 0 Å². The van der Waals surface area contributed by atoms with Gasteiger partial charge in [-0.05, 0) is 45.1 Å². The highest BCUT2D eigenvalue weighted by Gasteiger charge is 2.35. The largest absolute Gasteiger partial charge is 0.450 e. The molecule has 1 aromatic carbocycles. The van der Waals surface area contributed by atoms with E-state index >= 15 is 0 Å². The van der Waals surface area contributed by atoms with Crippen LogP contribution >= 0.6 is 0 Å². The van der Waals surface area contributed by atoms with Crippen molar-refractivity contribution in [2.24, 2.45) is 10.7 Å². The van der Waals surface area contributed by atoms with Crippen molar-refractivity contribution in [3.05, 3.63) is 35.4 Å². The van der Waals surface area contributed by atoms with Crippen molar-refractivity contribution in [2.45, 2.75) is 63.8 Å². The van der Waals surface area contributed by atoms with Crippen LogP contribution in [-0.4, -0.2) is 49.2 Å². The maximum Gasteiger partial charge on any atom is 0.409 e. The summed E-state index contributed by atoms with van der Waals surface area (Å²) in [7, 11) is 0. The Morgan fingerprint density at radius 2 is 2.04 bits per heavy atom. The topological polar surface area (TPSA) is 80.0 Å². The molecule has 3 N–H and O–H groups in total. The van der Waals surface area contributed by atoms with Crippen LogP contribution in [0, 0.1) is 6.92 Å². The molecule has 6 nitrogen and oxygen atoms in total. The number of nitrogens with zero attached hydrogens (tertiary/aromatic N) is 2. The third-order valence-electron chi connectivity index (χ3n) is 6.12. The van der Waals surface area contributed by atoms with E-state index in [2.05, 4.69) is 36.5 Å². The minimum atomic E-state index is -0.219. The number of aryl methyl sites for hydroxylation is 1. The number of nitrogens with two attached hydrogens (primary N) is 1. The van der Waals surface area contributed by atoms with Crippen LogP contribution < -0.4 is 11.1 Å². The Morgan fingerprint density at radius 1 is 1.32 bits per heavy atom. The molecule has 1 aliphatic heterocycles. The summed E-state index contributed by atoms with van der Waals surface area (Å²) < 4.78 is 5.07. The standard InChI is InChI=1S/C22H34N4O2/c1-3-28-21(27)26-13-9-19(10-14-26)25-20(23)24-16-22(11-4-5-12-22)18-8-6-7-17(2)15-18/h6-8,15,19H,3-5,9-14,16H2,1-2H3,(H3,23,24,25). The summed E-state index contributed by atoms with van der Waals surface area (Å²) >= 11 is 0. The molecule has 0 radical (unpaired) electrons. The molecular formula is C22H34N4O2. The molecule has 1 aliphatic carbocycles. The Morgan fingerprint density at radius 3 is 2.68 bits per heavy atom. The van der Waals surface area contributed by atoms with Crippen LogP contribution in [0.2, 0.25) is 0 Å². The minimum absolute atomic E-state index is 0.117. The van der Waals surface area contributed by atoms with Crippen LogP contribution in [0.5, 0.6) is 0 Å². The van der Waals surface area contributed by atoms with Crippen molar-refractivity contribution in [3.63, 3.8) is 0 Å². The van der Waals surface area contributed by atoms with Crippen molar-refractivity contribution in [2.75, 3.05) is 26.2 Å². The highest BCUT2D eigenvalue weighted by Crippen LogP contribution is 2.41. The third-order valence-corrected chi connectivity index (χ3v) is 6.12. The molecule has 1 aromatic rings. The number of aliphatic imine (C=N–C) groups is 1. The summed E-state index contributed by atoms with van der Waals surface area (Å²) in [6, 6.07) is 9.09. The van der Waals surface area contributed by atoms with Crippen molar-refractivity contribution in [1.29, 1.82) is 0 Å². The maximum atomic E-state index is 11.8. The molecule has 2 fully saturated rings. The van der Waals surface area contributed by atoms with Crippen molar-refractivity contribution < 1.29 is 9.53 Å². The predicted octanol–water partition coefficient (Wildman–Crippen LogP) is 3.33. The molecule has 0 aromatic heterocycles. The first-order chi connectivity index (χ1) is 13.5. The summed E-state index contributed by atoms with van der Waals surface area (Å²) in [5, 5.41) is 3.36. The van der Waals surface area contributed by atoms with Gasteiger partial charge in [0.15, 0.2) is 5.96 Å². The number of carbonyl (C=O) groups excluding carboxylic acids is 1. The van der Waals surface area contributed by atoms with E-state index in [0.717, 1.165) is 19.4 Å². The molecule has 0 bridgehead atoms. The lowest BCUT2D eigenvalue weighted by molar-refractivity contribution is 0.0963. The lowest BCUT2D eigenvalue weighted by Gasteiger charge is -2.32. The molecule has 28 heavy (non-hydrogen) atoms. The molecule has 154 valence electrons. The predicted molar refractivity (Wildman–Crippen MR) is 113 cm³/mol. The number of hydrogen-bond acceptors (Lipinski definition) is 3. The van der Waals surface area contributed by atoms with Gasteiger partial charge in [0.25, 0.3) is 0 Å². The third kappa shape index (κ3) is 4.97. The first-order valence-electron chi connectivity index (χ1n) is 10.6. The summed E-state index contributed by atoms with van der Waals surface area (Å²) in [6.45, 7) is 6.51. The molecule has 6 heteroatoms. The zero-order valence-corrected chi connectivity index (χ0v) is 17.2. The summed E-state index contributed by atoms with van der Waals surface area (Å²) in [5.74, 6) is 0.522. The second-order valence-electron chi connectivity index (χ2n) is 8.16. The SMILES string of the molecule is CCOC(=O)N1CCC(NC(N)=NCC2(c3cccc(C)c3)CCCC2)CC1. The zero-order valence-electron chi connectivity index (χ0n) is 17.2. The monoisotopic (exact) mass is 386 g/mol. The van der Waals surface area contributed by atoms with Gasteiger partial charge in [0.2, 0.25) is 0 Å². The van der Waals surface area contributed by atoms with Gasteiger partial charge in [-0.2, -0.15) is 0 Å². The normalized spacial score (nSPS) is 20.2. The van der Waals surface area contributed by atoms with Crippen molar-refractivity contribution in [3.8, 4) is 0 Å². The number of likely N-dealkylation sites (tertiary alicyclic amines) is 1. The van der Waals surface area contributed by atoms with Crippen LogP contribution in [0.25, 0.3) is 0 Å². The molecule has 1 amide bonds. The quantitative estimate of drug-likeness (QED) is 0.601. The molecule has 0 spiro atoms. The lowest BCUT2D eigenvalue weighted by Crippen LogP contribution is -2.48. The van der Waals surface area contributed by atoms with Crippen LogP contribution in [0.15, 0.2) is 29.3 Å². The molecular weight excluding hydrogens is 352 g/mol. The van der Waals surface area contributed by atoms with Gasteiger partial charge in [0.05, 0.1) is 13.2 Å². The van der Waals surface area contributed by atoms with Gasteiger partial charge >= 0.3 is 6.09 Å². The molecule has 3 rings (SSSR count). The Kier molecular flexibility index (Phi) is 6.81. The van der Waals surface area contributed by atoms with Crippen LogP contribution in [0.1, 0.15) is 56.6 Å². The zero-order chi connectivity index (χ0) is 20.0. The van der Waals surface area contributed by atoms with E-state index in [-0.39, 0.29) is 17.6 Å². The number of hydrogen-bond donors (Lipinski definition) is 2. The number of amides is 1. The summed E-state index contributed by atoms with van der Waals surface area (Å²) in [5.41, 5.74) is 9.03. The number of benzene rings is 1. The average molecular weight is 387 g/mol. The number of carbonyl (C=O) groups is 1. The molecule has 0 unspecified atom stereocenters. The number of piperidine rings is 1. The minimum Gasteiger partial charge on any atom is -0.450 e. The fourth-order valence-electron chi connectivity index (χ4n) is 4.48. The van der Waals surface area contributed by atoms with Crippen LogP contribution in [0.3, 0.4) is 0 Å². The second-order valence-corrected chi connectivity index (χ2v) is 8.16. The van der Waals surface area contributed by atoms with Crippen molar-refractivity contribution >= 4 is 12.1 Å². The van der Waals surface area contributed by atoms with Crippen LogP contribution in [0.4, 0.5) is 4.79 Å². The molecule has 1 heterocycles. The van der Waals surface area contributed by atoms with E-state index in [1.165, 1.54) is 36.8 Å². The number of ether oxygens (including phenoxy) is 1. The van der Waals surface area contributed by atoms with Gasteiger partial charge in [0.1, 0.15) is 0 Å². The second kappa shape index (κ2) is 9.30. The van der Waals surface area contributed by atoms with Gasteiger partial charge in [-0.25, -0.2) is 4.79 Å². The fraction of sp³-hybridized carbons (Fsp3) is 0.636. The lowest BCUT2D eigenvalue weighted by atomic mass is 9.78. The maximum absolute atomic E-state index is 11.8. The highest BCUT2D eigenvalue weighted by molar-refractivity contribution is 5.78. The Labute approximate surface area is 168 Å². The van der Waals surface area contributed by atoms with E-state index in [0.29, 0.717) is 25.7 Å². The summed E-state index contributed by atoms with van der Waals surface area (Å²) in [4.78, 5) is 18.3. The highest BCUT2D eigenvalue weighted by atomic mass is 16.6. The fourth-order valence-corrected chi connectivity index (χ4v) is 4.48. The van der Waals surface area contributed by atoms with Gasteiger partial charge in [-0.3, -0.25) is 4.99 Å². The van der Waals surface area contributed by atoms with Crippen molar-refractivity contribution in [1.82, 2.24) is 10.2 Å². The molecule has 2 aliphatic rings. The van der Waals surface area contributed by atoms with Gasteiger partial charge in [0, 0.05) is 24.5 Å². The van der Waals surface area contributed by atoms with E-state index in [9.17, 15) is 4.79 Å². The summed E-state index contributed by atoms with van der Waals surface area (Å²) in [6.07, 6.45) is 6.35. The van der Waals surface area contributed by atoms with Gasteiger partial charge < -0.3 is 20.7 Å².